The lowest BCUT2D eigenvalue weighted by Crippen LogP contribution is -2.37. The molecule has 0 amide bonds. The standard InChI is InChI=1S/C9H8O4/c10-8-5-3-4-1-2-6(12-4)7(5)9(11)13-8/h1-2,4-7H,3H2/t4-,5+,6+,7-/m0/s1. The van der Waals surface area contributed by atoms with E-state index in [0.717, 1.165) is 0 Å². The number of rotatable bonds is 0. The molecule has 3 aliphatic rings. The van der Waals surface area contributed by atoms with Crippen LogP contribution >= 0.6 is 0 Å². The Morgan fingerprint density at radius 1 is 1.23 bits per heavy atom. The molecule has 3 aliphatic heterocycles. The topological polar surface area (TPSA) is 52.6 Å². The molecule has 2 saturated heterocycles. The van der Waals surface area contributed by atoms with Crippen LogP contribution in [0.3, 0.4) is 0 Å². The molecule has 13 heavy (non-hydrogen) atoms. The van der Waals surface area contributed by atoms with Crippen molar-refractivity contribution in [2.45, 2.75) is 18.6 Å². The van der Waals surface area contributed by atoms with Gasteiger partial charge in [-0.2, -0.15) is 0 Å². The minimum absolute atomic E-state index is 0.00435. The number of carbonyl (C=O) groups excluding carboxylic acids is 2. The van der Waals surface area contributed by atoms with Crippen LogP contribution in [0.4, 0.5) is 0 Å². The molecule has 0 aromatic rings. The van der Waals surface area contributed by atoms with Gasteiger partial charge in [0.2, 0.25) is 0 Å². The zero-order chi connectivity index (χ0) is 9.00. The van der Waals surface area contributed by atoms with E-state index < -0.39 is 5.97 Å². The van der Waals surface area contributed by atoms with Gasteiger partial charge < -0.3 is 9.47 Å². The molecular weight excluding hydrogens is 172 g/mol. The molecule has 4 atom stereocenters. The highest BCUT2D eigenvalue weighted by atomic mass is 16.6. The second-order valence-corrected chi connectivity index (χ2v) is 3.63. The molecule has 3 rings (SSSR count). The minimum atomic E-state index is -0.426. The summed E-state index contributed by atoms with van der Waals surface area (Å²) < 4.78 is 10.0. The van der Waals surface area contributed by atoms with Gasteiger partial charge in [0.1, 0.15) is 5.92 Å². The average Bonchev–Trinajstić information content (AvgIpc) is 2.58. The van der Waals surface area contributed by atoms with E-state index in [2.05, 4.69) is 4.74 Å². The smallest absolute Gasteiger partial charge is 0.320 e. The summed E-state index contributed by atoms with van der Waals surface area (Å²) in [5, 5.41) is 0. The molecule has 3 heterocycles. The number of carbonyl (C=O) groups is 2. The monoisotopic (exact) mass is 180 g/mol. The Morgan fingerprint density at radius 2 is 2.08 bits per heavy atom. The zero-order valence-corrected chi connectivity index (χ0v) is 6.80. The normalized spacial score (nSPS) is 46.5. The van der Waals surface area contributed by atoms with E-state index in [9.17, 15) is 9.59 Å². The quantitative estimate of drug-likeness (QED) is 0.300. The first-order valence-corrected chi connectivity index (χ1v) is 4.35. The lowest BCUT2D eigenvalue weighted by molar-refractivity contribution is -0.154. The van der Waals surface area contributed by atoms with Crippen molar-refractivity contribution in [1.82, 2.24) is 0 Å². The van der Waals surface area contributed by atoms with Gasteiger partial charge in [-0.15, -0.1) is 0 Å². The van der Waals surface area contributed by atoms with Gasteiger partial charge in [0.05, 0.1) is 18.1 Å². The molecule has 0 aromatic heterocycles. The van der Waals surface area contributed by atoms with Gasteiger partial charge in [-0.05, 0) is 6.42 Å². The van der Waals surface area contributed by atoms with Crippen LogP contribution in [0.15, 0.2) is 12.2 Å². The number of hydrogen-bond acceptors (Lipinski definition) is 4. The maximum atomic E-state index is 11.2. The molecule has 0 radical (unpaired) electrons. The second kappa shape index (κ2) is 2.20. The first-order chi connectivity index (χ1) is 6.25. The molecule has 0 N–H and O–H groups in total. The van der Waals surface area contributed by atoms with Crippen molar-refractivity contribution in [1.29, 1.82) is 0 Å². The molecule has 0 spiro atoms. The van der Waals surface area contributed by atoms with Crippen molar-refractivity contribution in [3.63, 3.8) is 0 Å². The predicted molar refractivity (Wildman–Crippen MR) is 40.5 cm³/mol. The van der Waals surface area contributed by atoms with Crippen molar-refractivity contribution in [2.75, 3.05) is 0 Å². The molecule has 0 saturated carbocycles. The molecule has 2 fully saturated rings. The van der Waals surface area contributed by atoms with Crippen LogP contribution in [0.25, 0.3) is 0 Å². The van der Waals surface area contributed by atoms with Gasteiger partial charge >= 0.3 is 11.9 Å². The van der Waals surface area contributed by atoms with Crippen LogP contribution in [0, 0.1) is 11.8 Å². The minimum Gasteiger partial charge on any atom is -0.393 e. The van der Waals surface area contributed by atoms with Gasteiger partial charge in [-0.25, -0.2) is 0 Å². The van der Waals surface area contributed by atoms with Crippen molar-refractivity contribution in [3.8, 4) is 0 Å². The summed E-state index contributed by atoms with van der Waals surface area (Å²) in [5.74, 6) is -1.46. The number of esters is 2. The number of hydrogen-bond donors (Lipinski definition) is 0. The summed E-state index contributed by atoms with van der Waals surface area (Å²) in [4.78, 5) is 22.5. The third-order valence-electron chi connectivity index (χ3n) is 2.90. The Morgan fingerprint density at radius 3 is 2.92 bits per heavy atom. The predicted octanol–water partition coefficient (Wildman–Crippen LogP) is 0.0295. The van der Waals surface area contributed by atoms with Crippen LogP contribution < -0.4 is 0 Å². The van der Waals surface area contributed by atoms with Crippen LogP contribution in [0.2, 0.25) is 0 Å². The first-order valence-electron chi connectivity index (χ1n) is 4.35. The molecule has 68 valence electrons. The van der Waals surface area contributed by atoms with Crippen molar-refractivity contribution in [3.05, 3.63) is 12.2 Å². The molecule has 0 aromatic carbocycles. The second-order valence-electron chi connectivity index (χ2n) is 3.63. The van der Waals surface area contributed by atoms with Crippen LogP contribution in [-0.4, -0.2) is 24.1 Å². The van der Waals surface area contributed by atoms with Crippen LogP contribution in [0.1, 0.15) is 6.42 Å². The highest BCUT2D eigenvalue weighted by Gasteiger charge is 2.53. The van der Waals surface area contributed by atoms with E-state index in [1.807, 2.05) is 12.2 Å². The number of fused-ring (bicyclic) bond motifs is 4. The first kappa shape index (κ1) is 7.26. The lowest BCUT2D eigenvalue weighted by Gasteiger charge is -2.27. The summed E-state index contributed by atoms with van der Waals surface area (Å²) in [6.45, 7) is 0. The summed E-state index contributed by atoms with van der Waals surface area (Å²) in [6.07, 6.45) is 4.13. The molecule has 0 aliphatic carbocycles. The highest BCUT2D eigenvalue weighted by Crippen LogP contribution is 2.40. The van der Waals surface area contributed by atoms with E-state index >= 15 is 0 Å². The third-order valence-corrected chi connectivity index (χ3v) is 2.90. The van der Waals surface area contributed by atoms with Crippen molar-refractivity contribution in [2.24, 2.45) is 11.8 Å². The molecule has 4 nitrogen and oxygen atoms in total. The maximum Gasteiger partial charge on any atom is 0.320 e. The largest absolute Gasteiger partial charge is 0.393 e. The number of cyclic esters (lactones) is 2. The fraction of sp³-hybridized carbons (Fsp3) is 0.556. The Hall–Kier alpha value is -1.16. The molecule has 0 unspecified atom stereocenters. The highest BCUT2D eigenvalue weighted by molar-refractivity contribution is 5.97. The van der Waals surface area contributed by atoms with Crippen molar-refractivity contribution >= 4 is 11.9 Å². The van der Waals surface area contributed by atoms with Crippen LogP contribution in [-0.2, 0) is 19.1 Å². The van der Waals surface area contributed by atoms with Crippen molar-refractivity contribution < 1.29 is 19.1 Å². The van der Waals surface area contributed by atoms with Gasteiger partial charge in [0, 0.05) is 0 Å². The molecule has 4 heteroatoms. The Bertz CT molecular complexity index is 320. The summed E-state index contributed by atoms with van der Waals surface area (Å²) >= 11 is 0. The van der Waals surface area contributed by atoms with E-state index in [0.29, 0.717) is 6.42 Å². The molecular formula is C9H8O4. The average molecular weight is 180 g/mol. The van der Waals surface area contributed by atoms with E-state index in [4.69, 9.17) is 4.74 Å². The summed E-state index contributed by atoms with van der Waals surface area (Å²) in [6, 6.07) is 0. The molecule has 2 bridgehead atoms. The Kier molecular flexibility index (Phi) is 1.23. The van der Waals surface area contributed by atoms with Gasteiger partial charge in [0.15, 0.2) is 0 Å². The zero-order valence-electron chi connectivity index (χ0n) is 6.80. The summed E-state index contributed by atoms with van der Waals surface area (Å²) in [7, 11) is 0. The van der Waals surface area contributed by atoms with E-state index in [1.165, 1.54) is 0 Å². The fourth-order valence-corrected chi connectivity index (χ4v) is 2.27. The summed E-state index contributed by atoms with van der Waals surface area (Å²) in [5.41, 5.74) is 0. The number of ether oxygens (including phenoxy) is 2. The van der Waals surface area contributed by atoms with E-state index in [-0.39, 0.29) is 30.0 Å². The SMILES string of the molecule is O=C1OC(=O)[C@@H]2C[C@@H]3C=C[C@@H](O3)[C@@H]12. The van der Waals surface area contributed by atoms with Gasteiger partial charge in [-0.1, -0.05) is 12.2 Å². The van der Waals surface area contributed by atoms with Gasteiger partial charge in [-0.3, -0.25) is 9.59 Å². The Balaban J connectivity index is 2.00. The Labute approximate surface area is 74.5 Å². The maximum absolute atomic E-state index is 11.2. The fourth-order valence-electron chi connectivity index (χ4n) is 2.27. The third kappa shape index (κ3) is 0.836. The van der Waals surface area contributed by atoms with E-state index in [1.54, 1.807) is 0 Å². The van der Waals surface area contributed by atoms with Crippen LogP contribution in [0.5, 0.6) is 0 Å². The van der Waals surface area contributed by atoms with Gasteiger partial charge in [0.25, 0.3) is 0 Å². The lowest BCUT2D eigenvalue weighted by atomic mass is 9.86.